The number of hydrogen-bond donors (Lipinski definition) is 0. The number of aryl methyl sites for hydroxylation is 1. The van der Waals surface area contributed by atoms with Crippen LogP contribution in [-0.4, -0.2) is 11.3 Å². The number of benzene rings is 1. The van der Waals surface area contributed by atoms with E-state index in [4.69, 9.17) is 27.1 Å². The van der Waals surface area contributed by atoms with Crippen molar-refractivity contribution in [3.8, 4) is 11.8 Å². The van der Waals surface area contributed by atoms with Crippen LogP contribution in [0.1, 0.15) is 63.4 Å². The van der Waals surface area contributed by atoms with E-state index in [-0.39, 0.29) is 12.2 Å². The largest absolute Gasteiger partial charge is 0.366 e. The minimum Gasteiger partial charge on any atom is -0.366 e. The second-order valence-electron chi connectivity index (χ2n) is 10.1. The number of aromatic nitrogens is 1. The molecule has 2 aliphatic heterocycles. The van der Waals surface area contributed by atoms with Gasteiger partial charge < -0.3 is 4.74 Å². The molecule has 0 N–H and O–H groups in total. The van der Waals surface area contributed by atoms with Gasteiger partial charge in [-0.25, -0.2) is 0 Å². The molecular weight excluding hydrogens is 2360 g/mol. The fraction of sp³-hybridized carbons (Fsp3) is 0.263. The Labute approximate surface area is 691 Å². The number of hydrogen-bond acceptors (Lipinski definition) is 5. The van der Waals surface area contributed by atoms with Crippen LogP contribution in [0.25, 0.3) is 0 Å². The lowest BCUT2D eigenvalue weighted by molar-refractivity contribution is 0.0716. The van der Waals surface area contributed by atoms with Gasteiger partial charge in [0.1, 0.15) is 0 Å². The molecule has 0 spiro atoms. The average molecular weight is 2370 g/mol. The van der Waals surface area contributed by atoms with Crippen molar-refractivity contribution < 1.29 is 9.53 Å². The van der Waals surface area contributed by atoms with Crippen molar-refractivity contribution in [2.75, 3.05) is 0 Å². The molecule has 1 aromatic heterocycles. The molecule has 2 aliphatic rings. The van der Waals surface area contributed by atoms with Crippen molar-refractivity contribution in [3.05, 3.63) is 64.0 Å². The second-order valence-corrected chi connectivity index (χ2v) is 122. The van der Waals surface area contributed by atoms with Crippen LogP contribution in [0.2, 0.25) is 0 Å². The van der Waals surface area contributed by atoms with Crippen molar-refractivity contribution in [1.29, 1.82) is 0 Å². The van der Waals surface area contributed by atoms with E-state index in [1.165, 1.54) is 28.9 Å². The van der Waals surface area contributed by atoms with Crippen molar-refractivity contribution in [2.24, 2.45) is 0 Å². The number of rotatable bonds is 1. The minimum atomic E-state index is 0.170. The molecule has 1 fully saturated rings. The fourth-order valence-corrected chi connectivity index (χ4v) is 171. The summed E-state index contributed by atoms with van der Waals surface area (Å²) >= 11 is 9.64. The van der Waals surface area contributed by atoms with Gasteiger partial charge in [-0.1, -0.05) is 11.8 Å². The summed E-state index contributed by atoms with van der Waals surface area (Å²) in [6, 6.07) is 7.79. The third-order valence-electron chi connectivity index (χ3n) is 6.06. The zero-order valence-corrected chi connectivity index (χ0v) is 91.9. The number of carbonyl (C=O) groups is 1. The zero-order valence-electron chi connectivity index (χ0n) is 38.8. The van der Waals surface area contributed by atoms with E-state index in [0.29, 0.717) is 5.56 Å². The molecule has 3 nitrogen and oxygen atoms in total. The Balaban J connectivity index is 0.000000733. The number of pyridine rings is 1. The maximum absolute atomic E-state index is 11.4. The van der Waals surface area contributed by atoms with Crippen LogP contribution in [0.4, 0.5) is 0 Å². The molecule has 0 aliphatic carbocycles. The summed E-state index contributed by atoms with van der Waals surface area (Å²) in [5.74, 6) is 6.25. The highest BCUT2D eigenvalue weighted by atomic mass is 33.5. The molecule has 87 heavy (non-hydrogen) atoms. The van der Waals surface area contributed by atoms with Gasteiger partial charge >= 0.3 is 0 Å². The van der Waals surface area contributed by atoms with Gasteiger partial charge in [-0.15, -0.1) is 0 Å². The van der Waals surface area contributed by atoms with E-state index in [1.807, 2.05) is 466 Å². The van der Waals surface area contributed by atoms with Crippen molar-refractivity contribution in [2.45, 2.75) is 32.0 Å². The quantitative estimate of drug-likeness (QED) is 0.324. The predicted octanol–water partition coefficient (Wildman–Crippen LogP) is 3.35. The summed E-state index contributed by atoms with van der Waals surface area (Å²) in [6.45, 7) is 1.94. The smallest absolute Gasteiger partial charge is 0.151 e. The molecule has 2 aromatic rings. The maximum atomic E-state index is 11.4. The number of fused-ring (bicyclic) bond motifs is 5. The predicted molar refractivity (Wildman–Crippen MR) is 561 cm³/mol. The Morgan fingerprint density at radius 2 is 0.586 bits per heavy atom. The van der Waals surface area contributed by atoms with Gasteiger partial charge in [0, 0.05) is 610 Å². The lowest BCUT2D eigenvalue weighted by atomic mass is 9.88. The Morgan fingerprint density at radius 3 is 0.805 bits per heavy atom. The second kappa shape index (κ2) is 74.7. The lowest BCUT2D eigenvalue weighted by Crippen LogP contribution is -2.01. The average Bonchev–Trinajstić information content (AvgIpc) is 1.71. The molecule has 2 unspecified atom stereocenters. The Kier molecular flexibility index (Phi) is 79.9. The SMILES string of the molecule is Cc1cc(C#Cc2cc3c(cc2C=O)C2CCC3O2)ccn1.S=S=S=S=S=S=S=S=S=S=S=S=S=S=S=S=S=S=S=S=S=S=S=S=S=S=S=S=S=S=S=S=S=S=S=S=S=S=S=S=S=S=S=S=S=S=S=S=S=S=S=S=S=S=S=S=S=S=S=S=S=S=S=S=S. The fourth-order valence-electron chi connectivity index (χ4n) is 3.96. The highest BCUT2D eigenvalue weighted by molar-refractivity contribution is 8.84. The lowest BCUT2D eigenvalue weighted by Gasteiger charge is -2.12. The molecule has 1 saturated heterocycles. The van der Waals surface area contributed by atoms with Crippen LogP contribution in [-0.2, 0) is 587 Å². The molecule has 0 amide bonds. The van der Waals surface area contributed by atoms with Gasteiger partial charge in [0.2, 0.25) is 0 Å². The first-order valence-corrected chi connectivity index (χ1v) is 103. The van der Waals surface area contributed by atoms with Gasteiger partial charge in [-0.05, 0) is 55.2 Å². The molecule has 1 aromatic carbocycles. The molecule has 4 rings (SSSR count). The minimum absolute atomic E-state index is 0.170. The van der Waals surface area contributed by atoms with Crippen LogP contribution in [0.15, 0.2) is 30.5 Å². The van der Waals surface area contributed by atoms with E-state index < -0.39 is 0 Å². The van der Waals surface area contributed by atoms with Crippen molar-refractivity contribution >= 4 is 588 Å². The summed E-state index contributed by atoms with van der Waals surface area (Å²) in [4.78, 5) is 15.5. The highest BCUT2D eigenvalue weighted by Gasteiger charge is 2.38. The standard InChI is InChI=1S/C19H15NO2.S65/c1-12-8-13(6-7-20-12)2-3-14-9-16-17(10-15(14)11-21)19-5-4-18(16)22-19;1-3-5-7-9-11-13-15-17-19-21-23-25-27-29-31-33-35-37-39-41-43-45-47-49-51-53-55-57-59-61-63-65-64-62-60-58-56-54-52-50-48-46-44-42-40-38-36-34-32-30-28-26-24-22-20-18-16-14-12-10-8-6-4-2/h6-11,18-19H,4-5H2,1H3;. The normalized spacial score (nSPS) is 11.2. The highest BCUT2D eigenvalue weighted by Crippen LogP contribution is 2.50. The van der Waals surface area contributed by atoms with Crippen LogP contribution >= 0.6 is 0 Å². The summed E-state index contributed by atoms with van der Waals surface area (Å²) in [5.41, 5.74) is 5.64. The van der Waals surface area contributed by atoms with Crippen LogP contribution in [0.5, 0.6) is 0 Å². The first-order chi connectivity index (χ1) is 43.2. The van der Waals surface area contributed by atoms with Crippen molar-refractivity contribution in [3.63, 3.8) is 0 Å². The number of nitrogens with zero attached hydrogens (tertiary/aromatic N) is 1. The van der Waals surface area contributed by atoms with Crippen molar-refractivity contribution in [1.82, 2.24) is 4.98 Å². The molecular formula is C19H15NO2S65. The molecule has 2 atom stereocenters. The molecule has 0 radical (unpaired) electrons. The first-order valence-electron chi connectivity index (χ1n) is 18.1. The topological polar surface area (TPSA) is 39.2 Å². The van der Waals surface area contributed by atoms with Crippen LogP contribution in [0.3, 0.4) is 0 Å². The van der Waals surface area contributed by atoms with Gasteiger partial charge in [0.15, 0.2) is 6.29 Å². The summed E-state index contributed by atoms with van der Waals surface area (Å²) in [5, 5.41) is 0. The number of aldehydes is 1. The third kappa shape index (κ3) is 58.6. The van der Waals surface area contributed by atoms with E-state index in [1.54, 1.807) is 113 Å². The monoisotopic (exact) mass is 2370 g/mol. The maximum Gasteiger partial charge on any atom is 0.151 e. The molecule has 498 valence electrons. The van der Waals surface area contributed by atoms with E-state index >= 15 is 0 Å². The molecule has 3 heterocycles. The Morgan fingerprint density at radius 1 is 0.356 bits per heavy atom. The Bertz CT molecular complexity index is 5860. The van der Waals surface area contributed by atoms with Gasteiger partial charge in [0.05, 0.1) is 12.2 Å². The third-order valence-corrected chi connectivity index (χ3v) is 144. The van der Waals surface area contributed by atoms with Gasteiger partial charge in [0.25, 0.3) is 0 Å². The number of ether oxygens (including phenoxy) is 1. The summed E-state index contributed by atoms with van der Waals surface area (Å²) in [7, 11) is 113. The molecule has 2 bridgehead atoms. The van der Waals surface area contributed by atoms with E-state index in [0.717, 1.165) is 35.9 Å². The van der Waals surface area contributed by atoms with E-state index in [2.05, 4.69) is 16.8 Å². The van der Waals surface area contributed by atoms with E-state index in [9.17, 15) is 4.79 Å². The van der Waals surface area contributed by atoms with Gasteiger partial charge in [-0.3, -0.25) is 9.78 Å². The summed E-state index contributed by atoms with van der Waals surface area (Å²) < 4.78 is 5.90. The van der Waals surface area contributed by atoms with Crippen LogP contribution in [0, 0.1) is 18.8 Å². The first kappa shape index (κ1) is 93.1. The Hall–Kier alpha value is 11.9. The van der Waals surface area contributed by atoms with Crippen LogP contribution < -0.4 is 0 Å². The zero-order chi connectivity index (χ0) is 61.7. The molecule has 0 saturated carbocycles. The molecule has 68 heteroatoms. The summed E-state index contributed by atoms with van der Waals surface area (Å²) in [6.07, 6.45) is 5.10. The van der Waals surface area contributed by atoms with Gasteiger partial charge in [-0.2, -0.15) is 0 Å². The number of carbonyl (C=O) groups excluding carboxylic acids is 1.